The highest BCUT2D eigenvalue weighted by Gasteiger charge is 2.17. The standard InChI is InChI=1S/C11H16N8S2/c1-7-17-18-11(20-7)21-10-14-8(16-12)13-9(15-10)19-5-3-2-4-6-19/h2-6,12H2,1H3,(H,13,14,15,16). The number of piperidine rings is 1. The second-order valence-electron chi connectivity index (χ2n) is 4.62. The van der Waals surface area contributed by atoms with Crippen molar-refractivity contribution in [1.82, 2.24) is 25.1 Å². The number of nitrogens with zero attached hydrogens (tertiary/aromatic N) is 6. The van der Waals surface area contributed by atoms with Crippen LogP contribution in [0.3, 0.4) is 0 Å². The summed E-state index contributed by atoms with van der Waals surface area (Å²) in [4.78, 5) is 15.3. The van der Waals surface area contributed by atoms with Gasteiger partial charge in [-0.15, -0.1) is 10.2 Å². The number of aryl methyl sites for hydroxylation is 1. The molecule has 2 aromatic heterocycles. The van der Waals surface area contributed by atoms with Gasteiger partial charge in [-0.05, 0) is 37.9 Å². The van der Waals surface area contributed by atoms with Crippen molar-refractivity contribution in [2.24, 2.45) is 5.84 Å². The number of nitrogen functional groups attached to an aromatic ring is 1. The molecule has 112 valence electrons. The molecule has 8 nitrogen and oxygen atoms in total. The van der Waals surface area contributed by atoms with Crippen molar-refractivity contribution >= 4 is 35.0 Å². The molecule has 3 heterocycles. The molecule has 1 aliphatic rings. The fourth-order valence-corrected chi connectivity index (χ4v) is 3.75. The van der Waals surface area contributed by atoms with Crippen LogP contribution in [0.5, 0.6) is 0 Å². The van der Waals surface area contributed by atoms with E-state index in [1.807, 2.05) is 6.92 Å². The van der Waals surface area contributed by atoms with Gasteiger partial charge >= 0.3 is 0 Å². The van der Waals surface area contributed by atoms with Crippen molar-refractivity contribution in [3.05, 3.63) is 5.01 Å². The summed E-state index contributed by atoms with van der Waals surface area (Å²) < 4.78 is 0.811. The lowest BCUT2D eigenvalue weighted by Gasteiger charge is -2.26. The van der Waals surface area contributed by atoms with Gasteiger partial charge in [-0.3, -0.25) is 5.43 Å². The molecule has 0 spiro atoms. The number of rotatable bonds is 4. The first-order valence-corrected chi connectivity index (χ1v) is 8.33. The second kappa shape index (κ2) is 6.50. The highest BCUT2D eigenvalue weighted by atomic mass is 32.2. The zero-order chi connectivity index (χ0) is 14.7. The number of hydrogen-bond donors (Lipinski definition) is 2. The van der Waals surface area contributed by atoms with Crippen LogP contribution in [0.1, 0.15) is 24.3 Å². The van der Waals surface area contributed by atoms with Crippen molar-refractivity contribution in [2.45, 2.75) is 35.7 Å². The van der Waals surface area contributed by atoms with Crippen molar-refractivity contribution in [1.29, 1.82) is 0 Å². The molecule has 3 rings (SSSR count). The van der Waals surface area contributed by atoms with E-state index in [-0.39, 0.29) is 0 Å². The van der Waals surface area contributed by atoms with Gasteiger partial charge in [0.15, 0.2) is 4.34 Å². The minimum Gasteiger partial charge on any atom is -0.341 e. The van der Waals surface area contributed by atoms with Crippen molar-refractivity contribution in [3.63, 3.8) is 0 Å². The molecule has 0 unspecified atom stereocenters. The Hall–Kier alpha value is -1.52. The first kappa shape index (κ1) is 14.4. The van der Waals surface area contributed by atoms with E-state index in [0.29, 0.717) is 17.1 Å². The predicted molar refractivity (Wildman–Crippen MR) is 82.5 cm³/mol. The molecule has 2 aromatic rings. The molecule has 0 amide bonds. The van der Waals surface area contributed by atoms with Gasteiger partial charge in [0.2, 0.25) is 17.1 Å². The third kappa shape index (κ3) is 3.57. The number of nitrogens with one attached hydrogen (secondary N) is 1. The van der Waals surface area contributed by atoms with Crippen LogP contribution in [0, 0.1) is 6.92 Å². The van der Waals surface area contributed by atoms with Crippen molar-refractivity contribution in [2.75, 3.05) is 23.4 Å². The van der Waals surface area contributed by atoms with Gasteiger partial charge in [-0.25, -0.2) is 5.84 Å². The fraction of sp³-hybridized carbons (Fsp3) is 0.545. The molecule has 10 heteroatoms. The van der Waals surface area contributed by atoms with Gasteiger partial charge in [0.25, 0.3) is 0 Å². The van der Waals surface area contributed by atoms with Gasteiger partial charge in [-0.1, -0.05) is 11.3 Å². The van der Waals surface area contributed by atoms with Crippen molar-refractivity contribution < 1.29 is 0 Å². The molecular weight excluding hydrogens is 308 g/mol. The fourth-order valence-electron chi connectivity index (χ4n) is 2.09. The second-order valence-corrected chi connectivity index (χ2v) is 7.02. The van der Waals surface area contributed by atoms with E-state index < -0.39 is 0 Å². The van der Waals surface area contributed by atoms with Gasteiger partial charge in [0, 0.05) is 13.1 Å². The average molecular weight is 324 g/mol. The summed E-state index contributed by atoms with van der Waals surface area (Å²) in [6, 6.07) is 0. The highest BCUT2D eigenvalue weighted by Crippen LogP contribution is 2.29. The Morgan fingerprint density at radius 2 is 1.95 bits per heavy atom. The Morgan fingerprint density at radius 1 is 1.14 bits per heavy atom. The lowest BCUT2D eigenvalue weighted by Crippen LogP contribution is -2.31. The normalized spacial score (nSPS) is 15.2. The third-order valence-electron chi connectivity index (χ3n) is 3.06. The largest absolute Gasteiger partial charge is 0.341 e. The maximum absolute atomic E-state index is 5.46. The van der Waals surface area contributed by atoms with Crippen LogP contribution < -0.4 is 16.2 Å². The number of hydrazine groups is 1. The van der Waals surface area contributed by atoms with E-state index in [2.05, 4.69) is 35.5 Å². The number of hydrogen-bond acceptors (Lipinski definition) is 10. The molecule has 0 saturated carbocycles. The number of nitrogens with two attached hydrogens (primary N) is 1. The maximum atomic E-state index is 5.46. The summed E-state index contributed by atoms with van der Waals surface area (Å²) in [7, 11) is 0. The minimum atomic E-state index is 0.370. The predicted octanol–water partition coefficient (Wildman–Crippen LogP) is 1.46. The summed E-state index contributed by atoms with van der Waals surface area (Å²) in [6.07, 6.45) is 3.58. The number of anilines is 2. The zero-order valence-corrected chi connectivity index (χ0v) is 13.2. The molecule has 3 N–H and O–H groups in total. The molecule has 1 aliphatic heterocycles. The van der Waals surface area contributed by atoms with Crippen molar-refractivity contribution in [3.8, 4) is 0 Å². The van der Waals surface area contributed by atoms with Gasteiger partial charge in [0.05, 0.1) is 0 Å². The zero-order valence-electron chi connectivity index (χ0n) is 11.6. The number of aromatic nitrogens is 5. The molecule has 1 saturated heterocycles. The lowest BCUT2D eigenvalue weighted by molar-refractivity contribution is 0.565. The molecule has 0 radical (unpaired) electrons. The Bertz CT molecular complexity index is 610. The van der Waals surface area contributed by atoms with Crippen LogP contribution in [0.15, 0.2) is 9.50 Å². The van der Waals surface area contributed by atoms with Gasteiger partial charge in [-0.2, -0.15) is 15.0 Å². The first-order chi connectivity index (χ1) is 10.2. The molecular formula is C11H16N8S2. The van der Waals surface area contributed by atoms with E-state index in [0.717, 1.165) is 35.3 Å². The molecule has 1 fully saturated rings. The Morgan fingerprint density at radius 3 is 2.62 bits per heavy atom. The Kier molecular flexibility index (Phi) is 4.46. The van der Waals surface area contributed by atoms with Crippen LogP contribution in [0.4, 0.5) is 11.9 Å². The molecule has 0 aromatic carbocycles. The third-order valence-corrected chi connectivity index (χ3v) is 4.81. The smallest absolute Gasteiger partial charge is 0.242 e. The summed E-state index contributed by atoms with van der Waals surface area (Å²) in [6.45, 7) is 3.85. The average Bonchev–Trinajstić information content (AvgIpc) is 2.93. The summed E-state index contributed by atoms with van der Waals surface area (Å²) in [5, 5.41) is 9.56. The molecule has 0 atom stereocenters. The van der Waals surface area contributed by atoms with Crippen LogP contribution in [0.2, 0.25) is 0 Å². The lowest BCUT2D eigenvalue weighted by atomic mass is 10.1. The monoisotopic (exact) mass is 324 g/mol. The van der Waals surface area contributed by atoms with Crippen LogP contribution in [-0.2, 0) is 0 Å². The molecule has 21 heavy (non-hydrogen) atoms. The quantitative estimate of drug-likeness (QED) is 0.638. The van der Waals surface area contributed by atoms with E-state index in [9.17, 15) is 0 Å². The topological polar surface area (TPSA) is 106 Å². The van der Waals surface area contributed by atoms with Crippen LogP contribution in [0.25, 0.3) is 0 Å². The highest BCUT2D eigenvalue weighted by molar-refractivity contribution is 8.00. The Labute approximate surface area is 130 Å². The molecule has 0 bridgehead atoms. The van der Waals surface area contributed by atoms with E-state index >= 15 is 0 Å². The minimum absolute atomic E-state index is 0.370. The summed E-state index contributed by atoms with van der Waals surface area (Å²) >= 11 is 2.89. The first-order valence-electron chi connectivity index (χ1n) is 6.70. The Balaban J connectivity index is 1.85. The van der Waals surface area contributed by atoms with Crippen LogP contribution in [-0.4, -0.2) is 38.2 Å². The van der Waals surface area contributed by atoms with Gasteiger partial charge < -0.3 is 4.90 Å². The van der Waals surface area contributed by atoms with Gasteiger partial charge in [0.1, 0.15) is 5.01 Å². The van der Waals surface area contributed by atoms with E-state index in [1.54, 1.807) is 0 Å². The summed E-state index contributed by atoms with van der Waals surface area (Å²) in [5.74, 6) is 6.50. The SMILES string of the molecule is Cc1nnc(Sc2nc(NN)nc(N3CCCCC3)n2)s1. The molecule has 0 aliphatic carbocycles. The van der Waals surface area contributed by atoms with E-state index in [4.69, 9.17) is 5.84 Å². The summed E-state index contributed by atoms with van der Waals surface area (Å²) in [5.41, 5.74) is 2.50. The maximum Gasteiger partial charge on any atom is 0.242 e. The van der Waals surface area contributed by atoms with E-state index in [1.165, 1.54) is 29.5 Å². The van der Waals surface area contributed by atoms with Crippen LogP contribution >= 0.6 is 23.1 Å².